The van der Waals surface area contributed by atoms with Gasteiger partial charge in [0.1, 0.15) is 0 Å². The van der Waals surface area contributed by atoms with E-state index in [2.05, 4.69) is 45.1 Å². The van der Waals surface area contributed by atoms with Crippen molar-refractivity contribution in [2.75, 3.05) is 20.6 Å². The van der Waals surface area contributed by atoms with Crippen LogP contribution in [-0.4, -0.2) is 37.6 Å². The van der Waals surface area contributed by atoms with Gasteiger partial charge in [-0.3, -0.25) is 0 Å². The van der Waals surface area contributed by atoms with Crippen molar-refractivity contribution in [2.24, 2.45) is 5.41 Å². The maximum atomic E-state index is 3.52. The van der Waals surface area contributed by atoms with E-state index in [9.17, 15) is 0 Å². The predicted molar refractivity (Wildman–Crippen MR) is 62.6 cm³/mol. The molecule has 1 aliphatic carbocycles. The van der Waals surface area contributed by atoms with Crippen LogP contribution in [-0.2, 0) is 0 Å². The van der Waals surface area contributed by atoms with Gasteiger partial charge >= 0.3 is 0 Å². The van der Waals surface area contributed by atoms with Gasteiger partial charge in [0.25, 0.3) is 0 Å². The van der Waals surface area contributed by atoms with Crippen molar-refractivity contribution in [2.45, 2.75) is 52.1 Å². The maximum Gasteiger partial charge on any atom is 0.0271 e. The zero-order valence-electron chi connectivity index (χ0n) is 10.4. The molecule has 0 aliphatic heterocycles. The first-order chi connectivity index (χ1) is 6.53. The summed E-state index contributed by atoms with van der Waals surface area (Å²) in [5.74, 6) is 0. The average molecular weight is 198 g/mol. The van der Waals surface area contributed by atoms with E-state index in [-0.39, 0.29) is 0 Å². The fraction of sp³-hybridized carbons (Fsp3) is 1.00. The lowest BCUT2D eigenvalue weighted by molar-refractivity contribution is 0.0701. The molecule has 84 valence electrons. The van der Waals surface area contributed by atoms with Crippen molar-refractivity contribution in [3.8, 4) is 0 Å². The minimum atomic E-state index is 0.446. The molecule has 0 spiro atoms. The molecule has 1 N–H and O–H groups in total. The molecule has 1 aliphatic rings. The fourth-order valence-electron chi connectivity index (χ4n) is 2.90. The predicted octanol–water partition coefficient (Wildman–Crippen LogP) is 2.10. The highest BCUT2D eigenvalue weighted by molar-refractivity contribution is 4.96. The molecule has 0 aromatic rings. The van der Waals surface area contributed by atoms with Gasteiger partial charge in [0, 0.05) is 12.1 Å². The third-order valence-corrected chi connectivity index (χ3v) is 3.92. The van der Waals surface area contributed by atoms with E-state index in [0.29, 0.717) is 17.5 Å². The van der Waals surface area contributed by atoms with Crippen molar-refractivity contribution in [1.29, 1.82) is 0 Å². The summed E-state index contributed by atoms with van der Waals surface area (Å²) < 4.78 is 0. The summed E-state index contributed by atoms with van der Waals surface area (Å²) in [5, 5.41) is 3.52. The molecule has 2 unspecified atom stereocenters. The summed E-state index contributed by atoms with van der Waals surface area (Å²) in [5.41, 5.74) is 0.446. The Hall–Kier alpha value is -0.0800. The van der Waals surface area contributed by atoms with E-state index in [1.54, 1.807) is 0 Å². The van der Waals surface area contributed by atoms with E-state index in [0.717, 1.165) is 6.54 Å². The van der Waals surface area contributed by atoms with Crippen LogP contribution in [0.1, 0.15) is 40.0 Å². The highest BCUT2D eigenvalue weighted by Gasteiger charge is 2.39. The van der Waals surface area contributed by atoms with E-state index in [4.69, 9.17) is 0 Å². The molecule has 14 heavy (non-hydrogen) atoms. The first kappa shape index (κ1) is 12.0. The zero-order chi connectivity index (χ0) is 10.8. The van der Waals surface area contributed by atoms with Crippen LogP contribution in [0.2, 0.25) is 0 Å². The molecule has 2 atom stereocenters. The van der Waals surface area contributed by atoms with Crippen LogP contribution < -0.4 is 5.32 Å². The van der Waals surface area contributed by atoms with Gasteiger partial charge in [-0.05, 0) is 38.9 Å². The molecular formula is C12H26N2. The van der Waals surface area contributed by atoms with Crippen LogP contribution in [0, 0.1) is 5.41 Å². The van der Waals surface area contributed by atoms with E-state index in [1.165, 1.54) is 19.3 Å². The number of likely N-dealkylation sites (N-methyl/N-ethyl adjacent to an activating group) is 2. The van der Waals surface area contributed by atoms with Crippen LogP contribution in [0.25, 0.3) is 0 Å². The largest absolute Gasteiger partial charge is 0.315 e. The van der Waals surface area contributed by atoms with Gasteiger partial charge < -0.3 is 10.2 Å². The van der Waals surface area contributed by atoms with Gasteiger partial charge in [-0.25, -0.2) is 0 Å². The molecule has 0 saturated heterocycles. The number of rotatable bonds is 3. The summed E-state index contributed by atoms with van der Waals surface area (Å²) in [4.78, 5) is 2.49. The molecule has 1 rings (SSSR count). The number of nitrogens with zero attached hydrogens (tertiary/aromatic N) is 1. The minimum Gasteiger partial charge on any atom is -0.315 e. The second-order valence-electron chi connectivity index (χ2n) is 5.29. The van der Waals surface area contributed by atoms with Crippen molar-refractivity contribution in [3.05, 3.63) is 0 Å². The number of hydrogen-bond donors (Lipinski definition) is 1. The Balaban J connectivity index is 2.73. The lowest BCUT2D eigenvalue weighted by Gasteiger charge is -2.47. The van der Waals surface area contributed by atoms with E-state index in [1.807, 2.05) is 0 Å². The second-order valence-corrected chi connectivity index (χ2v) is 5.29. The zero-order valence-corrected chi connectivity index (χ0v) is 10.4. The van der Waals surface area contributed by atoms with Gasteiger partial charge in [0.05, 0.1) is 0 Å². The molecule has 1 fully saturated rings. The Labute approximate surface area is 89.1 Å². The Morgan fingerprint density at radius 1 is 1.43 bits per heavy atom. The summed E-state index contributed by atoms with van der Waals surface area (Å²) in [6.07, 6.45) is 4.08. The molecule has 0 amide bonds. The Bertz CT molecular complexity index is 177. The Morgan fingerprint density at radius 3 is 2.57 bits per heavy atom. The smallest absolute Gasteiger partial charge is 0.0271 e. The number of hydrogen-bond acceptors (Lipinski definition) is 2. The fourth-order valence-corrected chi connectivity index (χ4v) is 2.90. The SMILES string of the molecule is CCN(C)C1CCCC(C)(C)C1NC. The third-order valence-electron chi connectivity index (χ3n) is 3.92. The molecule has 1 saturated carbocycles. The maximum absolute atomic E-state index is 3.52. The van der Waals surface area contributed by atoms with Gasteiger partial charge in [-0.15, -0.1) is 0 Å². The van der Waals surface area contributed by atoms with Gasteiger partial charge in [0.15, 0.2) is 0 Å². The first-order valence-corrected chi connectivity index (χ1v) is 5.90. The van der Waals surface area contributed by atoms with Crippen LogP contribution in [0.15, 0.2) is 0 Å². The van der Waals surface area contributed by atoms with Crippen molar-refractivity contribution >= 4 is 0 Å². The molecule has 0 aromatic carbocycles. The van der Waals surface area contributed by atoms with Crippen LogP contribution in [0.5, 0.6) is 0 Å². The van der Waals surface area contributed by atoms with Crippen LogP contribution >= 0.6 is 0 Å². The highest BCUT2D eigenvalue weighted by atomic mass is 15.2. The summed E-state index contributed by atoms with van der Waals surface area (Å²) in [7, 11) is 4.35. The van der Waals surface area contributed by atoms with Gasteiger partial charge in [0.2, 0.25) is 0 Å². The Kier molecular flexibility index (Phi) is 3.96. The van der Waals surface area contributed by atoms with Crippen molar-refractivity contribution in [3.63, 3.8) is 0 Å². The summed E-state index contributed by atoms with van der Waals surface area (Å²) in [6.45, 7) is 8.18. The monoisotopic (exact) mass is 198 g/mol. The average Bonchev–Trinajstić information content (AvgIpc) is 2.15. The molecule has 2 nitrogen and oxygen atoms in total. The summed E-state index contributed by atoms with van der Waals surface area (Å²) >= 11 is 0. The lowest BCUT2D eigenvalue weighted by Crippen LogP contribution is -2.57. The normalized spacial score (nSPS) is 32.1. The molecule has 0 heterocycles. The first-order valence-electron chi connectivity index (χ1n) is 5.90. The third kappa shape index (κ3) is 2.29. The highest BCUT2D eigenvalue weighted by Crippen LogP contribution is 2.37. The molecule has 0 aromatic heterocycles. The molecular weight excluding hydrogens is 172 g/mol. The van der Waals surface area contributed by atoms with E-state index < -0.39 is 0 Å². The quantitative estimate of drug-likeness (QED) is 0.747. The van der Waals surface area contributed by atoms with Gasteiger partial charge in [-0.1, -0.05) is 27.2 Å². The Morgan fingerprint density at radius 2 is 2.07 bits per heavy atom. The van der Waals surface area contributed by atoms with Crippen molar-refractivity contribution in [1.82, 2.24) is 10.2 Å². The molecule has 2 heteroatoms. The second kappa shape index (κ2) is 4.63. The molecule has 0 radical (unpaired) electrons. The lowest BCUT2D eigenvalue weighted by atomic mass is 9.70. The van der Waals surface area contributed by atoms with E-state index >= 15 is 0 Å². The van der Waals surface area contributed by atoms with Gasteiger partial charge in [-0.2, -0.15) is 0 Å². The standard InChI is InChI=1S/C12H26N2/c1-6-14(5)10-8-7-9-12(2,3)11(10)13-4/h10-11,13H,6-9H2,1-5H3. The van der Waals surface area contributed by atoms with Crippen LogP contribution in [0.4, 0.5) is 0 Å². The summed E-state index contributed by atoms with van der Waals surface area (Å²) in [6, 6.07) is 1.36. The number of nitrogens with one attached hydrogen (secondary N) is 1. The minimum absolute atomic E-state index is 0.446. The topological polar surface area (TPSA) is 15.3 Å². The molecule has 0 bridgehead atoms. The van der Waals surface area contributed by atoms with Crippen molar-refractivity contribution < 1.29 is 0 Å². The van der Waals surface area contributed by atoms with Crippen LogP contribution in [0.3, 0.4) is 0 Å².